The molecule has 5 rings (SSSR count). The number of aromatic nitrogens is 2. The van der Waals surface area contributed by atoms with E-state index in [1.165, 1.54) is 48.9 Å². The molecule has 1 unspecified atom stereocenters. The van der Waals surface area contributed by atoms with Crippen LogP contribution < -0.4 is 10.0 Å². The lowest BCUT2D eigenvalue weighted by Crippen LogP contribution is -2.35. The summed E-state index contributed by atoms with van der Waals surface area (Å²) in [6.07, 6.45) is 5.36. The fourth-order valence-electron chi connectivity index (χ4n) is 4.51. The highest BCUT2D eigenvalue weighted by atomic mass is 32.2. The maximum atomic E-state index is 13.6. The largest absolute Gasteiger partial charge is 0.322 e. The van der Waals surface area contributed by atoms with E-state index in [1.54, 1.807) is 24.3 Å². The zero-order valence-corrected chi connectivity index (χ0v) is 21.6. The van der Waals surface area contributed by atoms with Gasteiger partial charge >= 0.3 is 0 Å². The monoisotopic (exact) mass is 554 g/mol. The summed E-state index contributed by atoms with van der Waals surface area (Å²) in [4.78, 5) is 21.5. The summed E-state index contributed by atoms with van der Waals surface area (Å²) in [6, 6.07) is 17.2. The molecule has 2 aromatic heterocycles. The Hall–Kier alpha value is -4.09. The first-order valence-electron chi connectivity index (χ1n) is 11.9. The predicted molar refractivity (Wildman–Crippen MR) is 142 cm³/mol. The summed E-state index contributed by atoms with van der Waals surface area (Å²) >= 11 is 0. The van der Waals surface area contributed by atoms with E-state index in [0.29, 0.717) is 35.3 Å². The molecule has 0 saturated heterocycles. The summed E-state index contributed by atoms with van der Waals surface area (Å²) in [6.45, 7) is 0.830. The van der Waals surface area contributed by atoms with E-state index in [4.69, 9.17) is 0 Å². The second kappa shape index (κ2) is 11.0. The second-order valence-electron chi connectivity index (χ2n) is 9.22. The van der Waals surface area contributed by atoms with Crippen LogP contribution in [0.5, 0.6) is 0 Å². The third kappa shape index (κ3) is 6.15. The minimum atomic E-state index is -3.70. The van der Waals surface area contributed by atoms with E-state index < -0.39 is 21.9 Å². The van der Waals surface area contributed by atoms with E-state index in [2.05, 4.69) is 20.0 Å². The topological polar surface area (TPSA) is 101 Å². The summed E-state index contributed by atoms with van der Waals surface area (Å²) in [7, 11) is -3.70. The molecule has 1 aliphatic rings. The number of benzene rings is 2. The molecule has 1 aliphatic carbocycles. The fourth-order valence-corrected chi connectivity index (χ4v) is 5.71. The van der Waals surface area contributed by atoms with Crippen LogP contribution in [0.25, 0.3) is 11.3 Å². The summed E-state index contributed by atoms with van der Waals surface area (Å²) in [5, 5.41) is 2.88. The van der Waals surface area contributed by atoms with Crippen molar-refractivity contribution in [1.82, 2.24) is 14.7 Å². The number of pyridine rings is 2. The van der Waals surface area contributed by atoms with Gasteiger partial charge in [0.1, 0.15) is 4.90 Å². The Kier molecular flexibility index (Phi) is 7.84. The molecule has 0 aliphatic heterocycles. The lowest BCUT2D eigenvalue weighted by atomic mass is 10.0. The molecule has 1 atom stereocenters. The number of fused-ring (bicyclic) bond motifs is 1. The molecule has 39 heavy (non-hydrogen) atoms. The van der Waals surface area contributed by atoms with Gasteiger partial charge in [0.15, 0.2) is 0 Å². The van der Waals surface area contributed by atoms with E-state index in [-0.39, 0.29) is 21.2 Å². The van der Waals surface area contributed by atoms with Crippen LogP contribution in [0.2, 0.25) is 0 Å². The number of amides is 1. The molecular weight excluding hydrogens is 529 g/mol. The molecule has 7 nitrogen and oxygen atoms in total. The highest BCUT2D eigenvalue weighted by Gasteiger charge is 2.27. The Balaban J connectivity index is 0.00000353. The number of anilines is 1. The number of nitrogens with one attached hydrogen (secondary N) is 2. The number of hydrogen-bond donors (Lipinski definition) is 2. The molecule has 202 valence electrons. The molecule has 0 bridgehead atoms. The van der Waals surface area contributed by atoms with Crippen LogP contribution in [0, 0.1) is 0 Å². The van der Waals surface area contributed by atoms with Crippen molar-refractivity contribution >= 4 is 21.6 Å². The normalized spacial score (nSPS) is 14.8. The molecule has 4 aromatic rings. The second-order valence-corrected chi connectivity index (χ2v) is 10.9. The van der Waals surface area contributed by atoms with Crippen LogP contribution in [0.3, 0.4) is 0 Å². The number of carbonyl (C=O) groups excluding carboxylic acids is 1. The minimum Gasteiger partial charge on any atom is -0.322 e. The van der Waals surface area contributed by atoms with Crippen LogP contribution in [0.4, 0.5) is 19.2 Å². The zero-order chi connectivity index (χ0) is 26.9. The van der Waals surface area contributed by atoms with Crippen molar-refractivity contribution in [3.05, 3.63) is 108 Å². The Morgan fingerprint density at radius 2 is 1.69 bits per heavy atom. The lowest BCUT2D eigenvalue weighted by molar-refractivity contribution is 0.0175. The van der Waals surface area contributed by atoms with Crippen LogP contribution >= 0.6 is 0 Å². The lowest BCUT2D eigenvalue weighted by Gasteiger charge is -2.13. The van der Waals surface area contributed by atoms with Crippen molar-refractivity contribution in [2.75, 3.05) is 5.32 Å². The van der Waals surface area contributed by atoms with Gasteiger partial charge in [-0.25, -0.2) is 21.9 Å². The van der Waals surface area contributed by atoms with Gasteiger partial charge in [0.25, 0.3) is 11.8 Å². The third-order valence-electron chi connectivity index (χ3n) is 6.38. The third-order valence-corrected chi connectivity index (χ3v) is 7.89. The van der Waals surface area contributed by atoms with Gasteiger partial charge in [0.2, 0.25) is 10.0 Å². The van der Waals surface area contributed by atoms with Crippen LogP contribution in [-0.2, 0) is 28.8 Å². The zero-order valence-electron chi connectivity index (χ0n) is 20.8. The highest BCUT2D eigenvalue weighted by molar-refractivity contribution is 7.89. The molecule has 0 fully saturated rings. The van der Waals surface area contributed by atoms with Gasteiger partial charge in [-0.3, -0.25) is 19.5 Å². The van der Waals surface area contributed by atoms with Crippen molar-refractivity contribution in [3.8, 4) is 11.3 Å². The van der Waals surface area contributed by atoms with Gasteiger partial charge in [-0.2, -0.15) is 0 Å². The smallest absolute Gasteiger partial charge is 0.270 e. The molecular formula is C28H25F3N4O3S. The van der Waals surface area contributed by atoms with Gasteiger partial charge in [-0.15, -0.1) is 0 Å². The molecule has 1 amide bonds. The average molecular weight is 555 g/mol. The molecule has 11 heteroatoms. The molecule has 2 heterocycles. The standard InChI is InChI=1S/C28H24F2N4O3S.FH/c1-28(29,30)21-9-6-18(7-10-21)26-25(5-3-13-32-26)27(35)33-22-11-8-19-14-23(16-20(19)15-22)34-38(36,37)24-4-2-12-31-17-24;/h2-13,15,17,23,34H,14,16H2,1H3,(H,33,35);1H. The van der Waals surface area contributed by atoms with Crippen molar-refractivity contribution in [2.24, 2.45) is 0 Å². The molecule has 2 N–H and O–H groups in total. The van der Waals surface area contributed by atoms with Gasteiger partial charge in [-0.05, 0) is 60.4 Å². The maximum Gasteiger partial charge on any atom is 0.270 e. The van der Waals surface area contributed by atoms with Crippen LogP contribution in [0.1, 0.15) is 34.0 Å². The van der Waals surface area contributed by atoms with Crippen LogP contribution in [0.15, 0.2) is 90.2 Å². The fraction of sp³-hybridized carbons (Fsp3) is 0.179. The number of sulfonamides is 1. The quantitative estimate of drug-likeness (QED) is 0.331. The Labute approximate surface area is 223 Å². The van der Waals surface area contributed by atoms with Crippen LogP contribution in [-0.4, -0.2) is 30.3 Å². The Morgan fingerprint density at radius 3 is 2.38 bits per heavy atom. The first-order valence-corrected chi connectivity index (χ1v) is 13.4. The number of alkyl halides is 2. The maximum absolute atomic E-state index is 13.6. The first-order chi connectivity index (χ1) is 18.1. The van der Waals surface area contributed by atoms with Crippen molar-refractivity contribution < 1.29 is 26.7 Å². The number of carbonyl (C=O) groups is 1. The van der Waals surface area contributed by atoms with Crippen molar-refractivity contribution in [2.45, 2.75) is 36.6 Å². The summed E-state index contributed by atoms with van der Waals surface area (Å²) < 4.78 is 55.3. The molecule has 2 aromatic carbocycles. The SMILES string of the molecule is CC(F)(F)c1ccc(-c2ncccc2C(=O)Nc2ccc3c(c2)CC(NS(=O)(=O)c2cccnc2)C3)cc1.F. The molecule has 0 saturated carbocycles. The molecule has 0 radical (unpaired) electrons. The van der Waals surface area contributed by atoms with E-state index in [0.717, 1.165) is 18.1 Å². The van der Waals surface area contributed by atoms with Gasteiger partial charge in [-0.1, -0.05) is 30.3 Å². The van der Waals surface area contributed by atoms with E-state index >= 15 is 0 Å². The number of nitrogens with zero attached hydrogens (tertiary/aromatic N) is 2. The first kappa shape index (κ1) is 27.9. The average Bonchev–Trinajstić information content (AvgIpc) is 3.29. The van der Waals surface area contributed by atoms with Gasteiger partial charge in [0.05, 0.1) is 11.3 Å². The predicted octanol–water partition coefficient (Wildman–Crippen LogP) is 5.11. The van der Waals surface area contributed by atoms with E-state index in [9.17, 15) is 22.0 Å². The number of halogens is 3. The molecule has 0 spiro atoms. The number of hydrogen-bond acceptors (Lipinski definition) is 5. The van der Waals surface area contributed by atoms with E-state index in [1.807, 2.05) is 12.1 Å². The minimum absolute atomic E-state index is 0. The Bertz CT molecular complexity index is 1590. The summed E-state index contributed by atoms with van der Waals surface area (Å²) in [5.74, 6) is -3.36. The van der Waals surface area contributed by atoms with Crippen molar-refractivity contribution in [1.29, 1.82) is 0 Å². The Morgan fingerprint density at radius 1 is 0.974 bits per heavy atom. The van der Waals surface area contributed by atoms with Crippen molar-refractivity contribution in [3.63, 3.8) is 0 Å². The number of rotatable bonds is 7. The van der Waals surface area contributed by atoms with Gasteiger partial charge < -0.3 is 5.32 Å². The highest BCUT2D eigenvalue weighted by Crippen LogP contribution is 2.30. The van der Waals surface area contributed by atoms with Gasteiger partial charge in [0, 0.05) is 48.4 Å². The summed E-state index contributed by atoms with van der Waals surface area (Å²) in [5.41, 5.74) is 3.58.